The minimum Gasteiger partial charge on any atom is -0.294 e. The van der Waals surface area contributed by atoms with Gasteiger partial charge in [0.1, 0.15) is 0 Å². The molecule has 0 amide bonds. The van der Waals surface area contributed by atoms with Crippen molar-refractivity contribution in [1.29, 1.82) is 0 Å². The summed E-state index contributed by atoms with van der Waals surface area (Å²) in [7, 11) is -3.44. The van der Waals surface area contributed by atoms with E-state index in [1.807, 2.05) is 6.07 Å². The number of ketones is 1. The second-order valence-electron chi connectivity index (χ2n) is 4.32. The molecule has 104 valence electrons. The van der Waals surface area contributed by atoms with Gasteiger partial charge in [0.05, 0.1) is 10.6 Å². The van der Waals surface area contributed by atoms with E-state index >= 15 is 0 Å². The Balaban J connectivity index is 2.09. The molecule has 0 N–H and O–H groups in total. The molecule has 0 saturated heterocycles. The van der Waals surface area contributed by atoms with Crippen LogP contribution in [0.3, 0.4) is 0 Å². The third-order valence-corrected chi connectivity index (χ3v) is 5.06. The number of rotatable bonds is 5. The average Bonchev–Trinajstić information content (AvgIpc) is 2.46. The zero-order valence-electron chi connectivity index (χ0n) is 10.6. The van der Waals surface area contributed by atoms with Crippen LogP contribution in [0.4, 0.5) is 0 Å². The molecule has 3 nitrogen and oxygen atoms in total. The van der Waals surface area contributed by atoms with E-state index in [2.05, 4.69) is 15.9 Å². The molecule has 0 saturated carbocycles. The molecule has 20 heavy (non-hydrogen) atoms. The summed E-state index contributed by atoms with van der Waals surface area (Å²) in [6.07, 6.45) is -0.0150. The lowest BCUT2D eigenvalue weighted by Gasteiger charge is -2.05. The molecule has 0 spiro atoms. The Morgan fingerprint density at radius 3 is 2.35 bits per heavy atom. The van der Waals surface area contributed by atoms with Crippen LogP contribution in [-0.2, 0) is 9.84 Å². The lowest BCUT2D eigenvalue weighted by atomic mass is 10.1. The first-order chi connectivity index (χ1) is 9.49. The van der Waals surface area contributed by atoms with Gasteiger partial charge in [-0.15, -0.1) is 0 Å². The van der Waals surface area contributed by atoms with Crippen molar-refractivity contribution in [2.24, 2.45) is 0 Å². The van der Waals surface area contributed by atoms with Gasteiger partial charge in [-0.1, -0.05) is 52.3 Å². The summed E-state index contributed by atoms with van der Waals surface area (Å²) < 4.78 is 25.0. The van der Waals surface area contributed by atoms with Crippen LogP contribution in [-0.4, -0.2) is 20.0 Å². The molecule has 0 aliphatic heterocycles. The molecule has 2 aromatic carbocycles. The topological polar surface area (TPSA) is 51.2 Å². The first-order valence-electron chi connectivity index (χ1n) is 6.05. The van der Waals surface area contributed by atoms with Crippen LogP contribution in [0.1, 0.15) is 16.8 Å². The van der Waals surface area contributed by atoms with Gasteiger partial charge in [0.2, 0.25) is 0 Å². The van der Waals surface area contributed by atoms with Gasteiger partial charge in [0.15, 0.2) is 15.6 Å². The van der Waals surface area contributed by atoms with Gasteiger partial charge < -0.3 is 0 Å². The number of halogens is 1. The minimum absolute atomic E-state index is 0.0150. The van der Waals surface area contributed by atoms with Gasteiger partial charge in [-0.05, 0) is 18.2 Å². The van der Waals surface area contributed by atoms with E-state index in [0.29, 0.717) is 10.0 Å². The Morgan fingerprint density at radius 1 is 1.00 bits per heavy atom. The quantitative estimate of drug-likeness (QED) is 0.773. The van der Waals surface area contributed by atoms with E-state index in [0.717, 1.165) is 0 Å². The van der Waals surface area contributed by atoms with E-state index in [4.69, 9.17) is 0 Å². The third kappa shape index (κ3) is 3.77. The Hall–Kier alpha value is -1.46. The van der Waals surface area contributed by atoms with Crippen molar-refractivity contribution in [3.8, 4) is 0 Å². The number of hydrogen-bond donors (Lipinski definition) is 0. The number of sulfone groups is 1. The van der Waals surface area contributed by atoms with Crippen molar-refractivity contribution in [2.75, 3.05) is 5.75 Å². The third-order valence-electron chi connectivity index (χ3n) is 2.85. The fourth-order valence-corrected chi connectivity index (χ4v) is 3.61. The summed E-state index contributed by atoms with van der Waals surface area (Å²) in [5.41, 5.74) is 0.539. The number of carbonyl (C=O) groups excluding carboxylic acids is 1. The highest BCUT2D eigenvalue weighted by atomic mass is 79.9. The predicted octanol–water partition coefficient (Wildman–Crippen LogP) is 3.50. The van der Waals surface area contributed by atoms with Gasteiger partial charge in [-0.2, -0.15) is 0 Å². The highest BCUT2D eigenvalue weighted by Crippen LogP contribution is 2.18. The summed E-state index contributed by atoms with van der Waals surface area (Å²) >= 11 is 3.24. The fraction of sp³-hybridized carbons (Fsp3) is 0.133. The molecule has 0 fully saturated rings. The number of carbonyl (C=O) groups is 1. The van der Waals surface area contributed by atoms with E-state index in [-0.39, 0.29) is 22.9 Å². The van der Waals surface area contributed by atoms with Crippen molar-refractivity contribution < 1.29 is 13.2 Å². The van der Waals surface area contributed by atoms with Crippen molar-refractivity contribution in [1.82, 2.24) is 0 Å². The van der Waals surface area contributed by atoms with Crippen LogP contribution < -0.4 is 0 Å². The van der Waals surface area contributed by atoms with Gasteiger partial charge >= 0.3 is 0 Å². The zero-order chi connectivity index (χ0) is 14.6. The average molecular weight is 353 g/mol. The number of benzene rings is 2. The molecule has 0 aliphatic carbocycles. The molecule has 0 heterocycles. The summed E-state index contributed by atoms with van der Waals surface area (Å²) in [5.74, 6) is -0.346. The van der Waals surface area contributed by atoms with Gasteiger partial charge in [0.25, 0.3) is 0 Å². The van der Waals surface area contributed by atoms with Crippen LogP contribution in [0.25, 0.3) is 0 Å². The van der Waals surface area contributed by atoms with E-state index < -0.39 is 9.84 Å². The maximum Gasteiger partial charge on any atom is 0.178 e. The normalized spacial score (nSPS) is 11.2. The Labute approximate surface area is 126 Å². The lowest BCUT2D eigenvalue weighted by molar-refractivity contribution is 0.0989. The zero-order valence-corrected chi connectivity index (χ0v) is 13.0. The Bertz CT molecular complexity index is 709. The number of hydrogen-bond acceptors (Lipinski definition) is 3. The second-order valence-corrected chi connectivity index (χ2v) is 7.34. The maximum atomic E-state index is 12.1. The molecular formula is C15H13BrO3S. The Kier molecular flexibility index (Phi) is 4.73. The highest BCUT2D eigenvalue weighted by molar-refractivity contribution is 9.10. The monoisotopic (exact) mass is 352 g/mol. The second kappa shape index (κ2) is 6.33. The van der Waals surface area contributed by atoms with Crippen molar-refractivity contribution in [2.45, 2.75) is 11.3 Å². The molecule has 0 atom stereocenters. The molecule has 2 aromatic rings. The fourth-order valence-electron chi connectivity index (χ4n) is 1.77. The first-order valence-corrected chi connectivity index (χ1v) is 8.50. The summed E-state index contributed by atoms with van der Waals surface area (Å²) in [6.45, 7) is 0. The minimum atomic E-state index is -3.44. The lowest BCUT2D eigenvalue weighted by Crippen LogP contribution is -2.11. The molecule has 5 heteroatoms. The Morgan fingerprint density at radius 2 is 1.70 bits per heavy atom. The number of Topliss-reactive ketones (excluding diaryl/α,β-unsaturated/α-hetero) is 1. The highest BCUT2D eigenvalue weighted by Gasteiger charge is 2.17. The van der Waals surface area contributed by atoms with Crippen molar-refractivity contribution >= 4 is 31.6 Å². The molecule has 0 unspecified atom stereocenters. The van der Waals surface area contributed by atoms with Gasteiger partial charge in [-0.25, -0.2) is 8.42 Å². The maximum absolute atomic E-state index is 12.1. The summed E-state index contributed by atoms with van der Waals surface area (Å²) in [4.78, 5) is 12.1. The van der Waals surface area contributed by atoms with Gasteiger partial charge in [-0.3, -0.25) is 4.79 Å². The van der Waals surface area contributed by atoms with Crippen molar-refractivity contribution in [3.63, 3.8) is 0 Å². The largest absolute Gasteiger partial charge is 0.294 e. The standard InChI is InChI=1S/C15H13BrO3S/c16-13-7-4-8-14(11-13)20(18,19)10-9-15(17)12-5-2-1-3-6-12/h1-8,11H,9-10H2. The molecule has 0 bridgehead atoms. The van der Waals surface area contributed by atoms with Crippen LogP contribution in [0.2, 0.25) is 0 Å². The van der Waals surface area contributed by atoms with Crippen LogP contribution in [0, 0.1) is 0 Å². The predicted molar refractivity (Wildman–Crippen MR) is 81.6 cm³/mol. The van der Waals surface area contributed by atoms with Crippen LogP contribution in [0.5, 0.6) is 0 Å². The summed E-state index contributed by atoms with van der Waals surface area (Å²) in [6, 6.07) is 15.2. The summed E-state index contributed by atoms with van der Waals surface area (Å²) in [5, 5.41) is 0. The molecule has 0 aromatic heterocycles. The van der Waals surface area contributed by atoms with E-state index in [1.165, 1.54) is 6.07 Å². The SMILES string of the molecule is O=C(CCS(=O)(=O)c1cccc(Br)c1)c1ccccc1. The van der Waals surface area contributed by atoms with Crippen LogP contribution >= 0.6 is 15.9 Å². The molecule has 0 radical (unpaired) electrons. The van der Waals surface area contributed by atoms with Crippen molar-refractivity contribution in [3.05, 3.63) is 64.6 Å². The van der Waals surface area contributed by atoms with E-state index in [1.54, 1.807) is 42.5 Å². The van der Waals surface area contributed by atoms with E-state index in [9.17, 15) is 13.2 Å². The van der Waals surface area contributed by atoms with Crippen LogP contribution in [0.15, 0.2) is 64.0 Å². The smallest absolute Gasteiger partial charge is 0.178 e. The first kappa shape index (κ1) is 14.9. The van der Waals surface area contributed by atoms with Gasteiger partial charge in [0, 0.05) is 16.5 Å². The molecule has 0 aliphatic rings. The molecule has 2 rings (SSSR count). The molecular weight excluding hydrogens is 340 g/mol.